The number of carbonyl (C=O) groups is 2. The van der Waals surface area contributed by atoms with Crippen LogP contribution in [-0.2, 0) is 33.9 Å². The van der Waals surface area contributed by atoms with Gasteiger partial charge in [-0.25, -0.2) is 9.37 Å². The van der Waals surface area contributed by atoms with Crippen molar-refractivity contribution in [1.82, 2.24) is 20.2 Å². The Bertz CT molecular complexity index is 848. The number of ether oxygens (including phenoxy) is 1. The first-order chi connectivity index (χ1) is 15.7. The van der Waals surface area contributed by atoms with Gasteiger partial charge in [0.25, 0.3) is 0 Å². The van der Waals surface area contributed by atoms with Crippen molar-refractivity contribution in [2.45, 2.75) is 68.0 Å². The normalized spacial score (nSPS) is 11.5. The van der Waals surface area contributed by atoms with Gasteiger partial charge in [0.05, 0.1) is 36.7 Å². The number of hydrogen-bond donors (Lipinski definition) is 2. The van der Waals surface area contributed by atoms with E-state index in [0.717, 1.165) is 41.7 Å². The number of imidazole rings is 1. The number of fused-ring (bicyclic) bond motifs is 1. The molecule has 0 radical (unpaired) electrons. The van der Waals surface area contributed by atoms with Crippen molar-refractivity contribution >= 4 is 12.3 Å². The molecule has 1 aromatic heterocycles. The van der Waals surface area contributed by atoms with E-state index in [9.17, 15) is 14.0 Å². The van der Waals surface area contributed by atoms with E-state index in [1.165, 1.54) is 13.1 Å². The molecule has 0 saturated heterocycles. The van der Waals surface area contributed by atoms with Crippen LogP contribution in [0.4, 0.5) is 4.39 Å². The third-order valence-electron chi connectivity index (χ3n) is 4.28. The number of likely N-dealkylation sites (N-methyl/N-ethyl adjacent to an activating group) is 1. The molecule has 2 heterocycles. The van der Waals surface area contributed by atoms with Crippen molar-refractivity contribution in [3.8, 4) is 11.4 Å². The molecule has 0 aliphatic carbocycles. The first kappa shape index (κ1) is 30.3. The fraction of sp³-hybridized carbons (Fsp3) is 0.560. The Hall–Kier alpha value is -2.74. The average Bonchev–Trinajstić information content (AvgIpc) is 3.15. The highest BCUT2D eigenvalue weighted by molar-refractivity contribution is 5.79. The van der Waals surface area contributed by atoms with Crippen LogP contribution in [0.5, 0.6) is 0 Å². The first-order valence-corrected chi connectivity index (χ1v) is 11.5. The molecule has 2 N–H and O–H groups in total. The second kappa shape index (κ2) is 16.8. The standard InChI is InChI=1S/C15H17FN2O.C4H8N2O2.C4H10.C2H6/c1-3-11-4-5-13(16)12(8-11)15-17-10(2)14-9-19-7-6-18(14)15;1-5-4(8)2-6-3-7;1-4(2)3;1-2/h4-5,8H,3,6-7,9H2,1-2H3;3H,2H2,1H3,(H,5,8)(H,6,7);4H,1-3H3;1-2H3. The summed E-state index contributed by atoms with van der Waals surface area (Å²) in [6.45, 7) is 16.5. The van der Waals surface area contributed by atoms with Crippen molar-refractivity contribution in [3.05, 3.63) is 41.0 Å². The maximum Gasteiger partial charge on any atom is 0.239 e. The lowest BCUT2D eigenvalue weighted by atomic mass is 10.1. The number of hydrogen-bond acceptors (Lipinski definition) is 4. The Morgan fingerprint density at radius 3 is 2.48 bits per heavy atom. The molecule has 1 aromatic carbocycles. The molecule has 0 unspecified atom stereocenters. The number of aromatic nitrogens is 2. The summed E-state index contributed by atoms with van der Waals surface area (Å²) < 4.78 is 21.6. The van der Waals surface area contributed by atoms with Crippen molar-refractivity contribution in [2.75, 3.05) is 20.2 Å². The Morgan fingerprint density at radius 1 is 1.30 bits per heavy atom. The molecule has 33 heavy (non-hydrogen) atoms. The van der Waals surface area contributed by atoms with Crippen molar-refractivity contribution in [1.29, 1.82) is 0 Å². The van der Waals surface area contributed by atoms with Gasteiger partial charge in [-0.1, -0.05) is 47.6 Å². The number of nitrogens with one attached hydrogen (secondary N) is 2. The maximum atomic E-state index is 14.1. The van der Waals surface area contributed by atoms with Crippen LogP contribution in [0.3, 0.4) is 0 Å². The molecule has 3 rings (SSSR count). The third-order valence-corrected chi connectivity index (χ3v) is 4.28. The summed E-state index contributed by atoms with van der Waals surface area (Å²) in [6, 6.07) is 5.26. The summed E-state index contributed by atoms with van der Waals surface area (Å²) in [7, 11) is 1.51. The summed E-state index contributed by atoms with van der Waals surface area (Å²) in [4.78, 5) is 24.3. The summed E-state index contributed by atoms with van der Waals surface area (Å²) in [6.07, 6.45) is 1.37. The van der Waals surface area contributed by atoms with Crippen LogP contribution in [0.1, 0.15) is 58.5 Å². The minimum atomic E-state index is -0.212. The van der Waals surface area contributed by atoms with Gasteiger partial charge >= 0.3 is 0 Å². The largest absolute Gasteiger partial charge is 0.373 e. The summed E-state index contributed by atoms with van der Waals surface area (Å²) in [5, 5.41) is 4.55. The van der Waals surface area contributed by atoms with Gasteiger partial charge in [0.15, 0.2) is 0 Å². The van der Waals surface area contributed by atoms with Gasteiger partial charge < -0.3 is 19.9 Å². The van der Waals surface area contributed by atoms with E-state index in [1.54, 1.807) is 0 Å². The van der Waals surface area contributed by atoms with Crippen LogP contribution in [0.15, 0.2) is 18.2 Å². The third kappa shape index (κ3) is 10.6. The molecule has 0 fully saturated rings. The number of halogens is 1. The predicted octanol–water partition coefficient (Wildman–Crippen LogP) is 4.26. The van der Waals surface area contributed by atoms with Crippen LogP contribution in [0.2, 0.25) is 0 Å². The lowest BCUT2D eigenvalue weighted by Crippen LogP contribution is -2.30. The van der Waals surface area contributed by atoms with Crippen LogP contribution >= 0.6 is 0 Å². The molecule has 8 heteroatoms. The SMILES string of the molecule is CC.CC(C)C.CCc1ccc(F)c(-c2nc(C)c3n2CCOC3)c1.CNC(=O)CNC=O. The van der Waals surface area contributed by atoms with Gasteiger partial charge in [-0.15, -0.1) is 0 Å². The van der Waals surface area contributed by atoms with Crippen molar-refractivity contribution < 1.29 is 18.7 Å². The molecule has 0 spiro atoms. The van der Waals surface area contributed by atoms with E-state index < -0.39 is 0 Å². The number of amides is 2. The van der Waals surface area contributed by atoms with Gasteiger partial charge in [-0.05, 0) is 37.0 Å². The Morgan fingerprint density at radius 2 is 1.94 bits per heavy atom. The highest BCUT2D eigenvalue weighted by Gasteiger charge is 2.21. The van der Waals surface area contributed by atoms with Gasteiger partial charge in [0, 0.05) is 13.6 Å². The van der Waals surface area contributed by atoms with E-state index in [4.69, 9.17) is 4.74 Å². The maximum absolute atomic E-state index is 14.1. The van der Waals surface area contributed by atoms with E-state index in [-0.39, 0.29) is 18.3 Å². The highest BCUT2D eigenvalue weighted by Crippen LogP contribution is 2.28. The molecule has 1 aliphatic heterocycles. The molecular formula is C25H41FN4O3. The average molecular weight is 465 g/mol. The Balaban J connectivity index is 0.000000613. The van der Waals surface area contributed by atoms with E-state index in [2.05, 4.69) is 47.9 Å². The fourth-order valence-electron chi connectivity index (χ4n) is 2.75. The topological polar surface area (TPSA) is 85.2 Å². The van der Waals surface area contributed by atoms with Gasteiger partial charge in [0.2, 0.25) is 12.3 Å². The summed E-state index contributed by atoms with van der Waals surface area (Å²) >= 11 is 0. The van der Waals surface area contributed by atoms with Gasteiger partial charge in [-0.3, -0.25) is 9.59 Å². The Labute approximate surface area is 198 Å². The highest BCUT2D eigenvalue weighted by atomic mass is 19.1. The van der Waals surface area contributed by atoms with E-state index >= 15 is 0 Å². The van der Waals surface area contributed by atoms with Crippen LogP contribution in [0, 0.1) is 18.7 Å². The van der Waals surface area contributed by atoms with E-state index in [0.29, 0.717) is 25.2 Å². The smallest absolute Gasteiger partial charge is 0.239 e. The molecule has 1 aliphatic rings. The van der Waals surface area contributed by atoms with E-state index in [1.807, 2.05) is 32.9 Å². The second-order valence-corrected chi connectivity index (χ2v) is 7.74. The predicted molar refractivity (Wildman–Crippen MR) is 131 cm³/mol. The molecular weight excluding hydrogens is 423 g/mol. The first-order valence-electron chi connectivity index (χ1n) is 11.5. The van der Waals surface area contributed by atoms with Crippen LogP contribution < -0.4 is 10.6 Å². The minimum absolute atomic E-state index is 0.0556. The second-order valence-electron chi connectivity index (χ2n) is 7.74. The minimum Gasteiger partial charge on any atom is -0.373 e. The molecule has 2 amide bonds. The monoisotopic (exact) mass is 464 g/mol. The lowest BCUT2D eigenvalue weighted by molar-refractivity contribution is -0.121. The summed E-state index contributed by atoms with van der Waals surface area (Å²) in [5.41, 5.74) is 3.70. The zero-order chi connectivity index (χ0) is 25.4. The number of aryl methyl sites for hydroxylation is 2. The van der Waals surface area contributed by atoms with Crippen molar-refractivity contribution in [3.63, 3.8) is 0 Å². The molecule has 0 atom stereocenters. The summed E-state index contributed by atoms with van der Waals surface area (Å²) in [5.74, 6) is 1.15. The van der Waals surface area contributed by atoms with Crippen LogP contribution in [0.25, 0.3) is 11.4 Å². The zero-order valence-corrected chi connectivity index (χ0v) is 21.4. The molecule has 186 valence electrons. The molecule has 2 aromatic rings. The van der Waals surface area contributed by atoms with Gasteiger partial charge in [-0.2, -0.15) is 0 Å². The van der Waals surface area contributed by atoms with Crippen molar-refractivity contribution in [2.24, 2.45) is 5.92 Å². The Kier molecular flexibility index (Phi) is 15.4. The molecule has 7 nitrogen and oxygen atoms in total. The van der Waals surface area contributed by atoms with Gasteiger partial charge in [0.1, 0.15) is 11.6 Å². The number of benzene rings is 1. The number of rotatable bonds is 5. The number of carbonyl (C=O) groups excluding carboxylic acids is 2. The number of nitrogens with zero attached hydrogens (tertiary/aromatic N) is 2. The zero-order valence-electron chi connectivity index (χ0n) is 21.4. The lowest BCUT2D eigenvalue weighted by Gasteiger charge is -2.18. The molecule has 0 saturated carbocycles. The van der Waals surface area contributed by atoms with Crippen LogP contribution in [-0.4, -0.2) is 42.1 Å². The molecule has 0 bridgehead atoms. The fourth-order valence-corrected chi connectivity index (χ4v) is 2.75. The quantitative estimate of drug-likeness (QED) is 0.648.